The Hall–Kier alpha value is 0.820. The molecule has 0 aromatic rings. The minimum absolute atomic E-state index is 0.198. The third kappa shape index (κ3) is 7.09. The first-order chi connectivity index (χ1) is 7.72. The molecule has 0 aromatic heterocycles. The zero-order chi connectivity index (χ0) is 13.6. The minimum atomic E-state index is -3.51. The van der Waals surface area contributed by atoms with Gasteiger partial charge in [0, 0.05) is 21.9 Å². The van der Waals surface area contributed by atoms with Crippen molar-refractivity contribution >= 4 is 42.9 Å². The molecule has 0 saturated carbocycles. The maximum atomic E-state index is 11.1. The number of alkyl halides is 2. The van der Waals surface area contributed by atoms with Gasteiger partial charge in [0.25, 0.3) is 0 Å². The van der Waals surface area contributed by atoms with E-state index in [1.165, 1.54) is 0 Å². The van der Waals surface area contributed by atoms with Gasteiger partial charge in [0.1, 0.15) is 0 Å². The normalized spacial score (nSPS) is 19.6. The average Bonchev–Trinajstić information content (AvgIpc) is 2.23. The molecule has 0 bridgehead atoms. The SMILES string of the molecule is CCC(C)C(CCl)CC(Cl)CC(C)S(=O)(=O)Cl. The molecule has 0 saturated heterocycles. The van der Waals surface area contributed by atoms with Gasteiger partial charge in [-0.1, -0.05) is 20.3 Å². The van der Waals surface area contributed by atoms with Gasteiger partial charge in [-0.25, -0.2) is 8.42 Å². The highest BCUT2D eigenvalue weighted by atomic mass is 35.7. The van der Waals surface area contributed by atoms with E-state index in [1.54, 1.807) is 6.92 Å². The molecular formula is C11H21Cl3O2S. The maximum Gasteiger partial charge on any atom is 0.235 e. The summed E-state index contributed by atoms with van der Waals surface area (Å²) in [4.78, 5) is 0. The van der Waals surface area contributed by atoms with Crippen molar-refractivity contribution < 1.29 is 8.42 Å². The van der Waals surface area contributed by atoms with Crippen LogP contribution in [0.4, 0.5) is 0 Å². The summed E-state index contributed by atoms with van der Waals surface area (Å²) in [6.45, 7) is 5.83. The summed E-state index contributed by atoms with van der Waals surface area (Å²) >= 11 is 12.1. The smallest absolute Gasteiger partial charge is 0.212 e. The molecule has 4 unspecified atom stereocenters. The molecular weight excluding hydrogens is 303 g/mol. The van der Waals surface area contributed by atoms with E-state index in [2.05, 4.69) is 13.8 Å². The van der Waals surface area contributed by atoms with Gasteiger partial charge in [0.05, 0.1) is 5.25 Å². The lowest BCUT2D eigenvalue weighted by molar-refractivity contribution is 0.350. The van der Waals surface area contributed by atoms with E-state index >= 15 is 0 Å². The van der Waals surface area contributed by atoms with Crippen LogP contribution in [0.3, 0.4) is 0 Å². The van der Waals surface area contributed by atoms with Gasteiger partial charge in [0.15, 0.2) is 0 Å². The van der Waals surface area contributed by atoms with E-state index in [0.29, 0.717) is 24.1 Å². The van der Waals surface area contributed by atoms with Crippen LogP contribution in [0.25, 0.3) is 0 Å². The van der Waals surface area contributed by atoms with Gasteiger partial charge in [-0.2, -0.15) is 0 Å². The summed E-state index contributed by atoms with van der Waals surface area (Å²) in [7, 11) is 1.76. The first kappa shape index (κ1) is 17.8. The van der Waals surface area contributed by atoms with E-state index in [4.69, 9.17) is 33.9 Å². The molecule has 2 nitrogen and oxygen atoms in total. The quantitative estimate of drug-likeness (QED) is 0.495. The molecule has 0 N–H and O–H groups in total. The summed E-state index contributed by atoms with van der Waals surface area (Å²) in [6, 6.07) is 0. The Bertz CT molecular complexity index is 306. The molecule has 0 amide bonds. The van der Waals surface area contributed by atoms with Crippen LogP contribution in [0.5, 0.6) is 0 Å². The molecule has 0 aliphatic rings. The van der Waals surface area contributed by atoms with E-state index in [1.807, 2.05) is 0 Å². The van der Waals surface area contributed by atoms with E-state index in [9.17, 15) is 8.42 Å². The summed E-state index contributed by atoms with van der Waals surface area (Å²) in [5, 5.41) is -0.809. The molecule has 17 heavy (non-hydrogen) atoms. The van der Waals surface area contributed by atoms with Gasteiger partial charge >= 0.3 is 0 Å². The fourth-order valence-corrected chi connectivity index (χ4v) is 3.39. The Morgan fingerprint density at radius 3 is 2.06 bits per heavy atom. The van der Waals surface area contributed by atoms with Gasteiger partial charge < -0.3 is 0 Å². The van der Waals surface area contributed by atoms with Crippen molar-refractivity contribution in [3.63, 3.8) is 0 Å². The monoisotopic (exact) mass is 322 g/mol. The zero-order valence-corrected chi connectivity index (χ0v) is 13.6. The number of hydrogen-bond donors (Lipinski definition) is 0. The Morgan fingerprint density at radius 1 is 1.18 bits per heavy atom. The molecule has 0 fully saturated rings. The zero-order valence-electron chi connectivity index (χ0n) is 10.5. The minimum Gasteiger partial charge on any atom is -0.212 e. The van der Waals surface area contributed by atoms with Crippen molar-refractivity contribution in [1.29, 1.82) is 0 Å². The van der Waals surface area contributed by atoms with E-state index < -0.39 is 14.3 Å². The van der Waals surface area contributed by atoms with Crippen molar-refractivity contribution in [3.8, 4) is 0 Å². The highest BCUT2D eigenvalue weighted by Gasteiger charge is 2.24. The predicted molar refractivity (Wildman–Crippen MR) is 76.8 cm³/mol. The summed E-state index contributed by atoms with van der Waals surface area (Å²) in [6.07, 6.45) is 2.15. The topological polar surface area (TPSA) is 34.1 Å². The lowest BCUT2D eigenvalue weighted by Gasteiger charge is -2.23. The van der Waals surface area contributed by atoms with E-state index in [0.717, 1.165) is 12.8 Å². The van der Waals surface area contributed by atoms with Crippen LogP contribution in [-0.4, -0.2) is 24.9 Å². The first-order valence-corrected chi connectivity index (χ1v) is 9.20. The third-order valence-corrected chi connectivity index (χ3v) is 6.09. The third-order valence-electron chi connectivity index (χ3n) is 3.27. The van der Waals surface area contributed by atoms with Crippen LogP contribution in [0.2, 0.25) is 0 Å². The van der Waals surface area contributed by atoms with Crippen LogP contribution in [0, 0.1) is 11.8 Å². The van der Waals surface area contributed by atoms with E-state index in [-0.39, 0.29) is 5.38 Å². The van der Waals surface area contributed by atoms with Crippen LogP contribution >= 0.6 is 33.9 Å². The second-order valence-electron chi connectivity index (χ2n) is 4.65. The number of halogens is 3. The van der Waals surface area contributed by atoms with Gasteiger partial charge in [-0.15, -0.1) is 23.2 Å². The van der Waals surface area contributed by atoms with Crippen LogP contribution in [-0.2, 0) is 9.05 Å². The molecule has 0 aliphatic carbocycles. The molecule has 0 aliphatic heterocycles. The number of hydrogen-bond acceptors (Lipinski definition) is 2. The average molecular weight is 324 g/mol. The summed E-state index contributed by atoms with van der Waals surface area (Å²) in [5.41, 5.74) is 0. The van der Waals surface area contributed by atoms with Crippen LogP contribution in [0.1, 0.15) is 40.0 Å². The Morgan fingerprint density at radius 2 is 1.71 bits per heavy atom. The molecule has 4 atom stereocenters. The molecule has 0 rings (SSSR count). The van der Waals surface area contributed by atoms with Crippen molar-refractivity contribution in [2.24, 2.45) is 11.8 Å². The second kappa shape index (κ2) is 8.08. The summed E-state index contributed by atoms with van der Waals surface area (Å²) in [5.74, 6) is 1.38. The first-order valence-electron chi connectivity index (χ1n) is 5.85. The van der Waals surface area contributed by atoms with Gasteiger partial charge in [0.2, 0.25) is 9.05 Å². The highest BCUT2D eigenvalue weighted by Crippen LogP contribution is 2.27. The second-order valence-corrected chi connectivity index (χ2v) is 8.63. The van der Waals surface area contributed by atoms with Crippen molar-refractivity contribution in [2.75, 3.05) is 5.88 Å². The molecule has 6 heteroatoms. The van der Waals surface area contributed by atoms with Gasteiger partial charge in [-0.3, -0.25) is 0 Å². The molecule has 0 aromatic carbocycles. The molecule has 0 spiro atoms. The Kier molecular flexibility index (Phi) is 8.47. The highest BCUT2D eigenvalue weighted by molar-refractivity contribution is 8.14. The molecule has 0 radical (unpaired) electrons. The Balaban J connectivity index is 4.29. The number of rotatable bonds is 8. The summed E-state index contributed by atoms with van der Waals surface area (Å²) < 4.78 is 22.2. The predicted octanol–water partition coefficient (Wildman–Crippen LogP) is 4.23. The fraction of sp³-hybridized carbons (Fsp3) is 1.00. The fourth-order valence-electron chi connectivity index (χ4n) is 1.68. The van der Waals surface area contributed by atoms with Crippen molar-refractivity contribution in [2.45, 2.75) is 50.7 Å². The largest absolute Gasteiger partial charge is 0.235 e. The lowest BCUT2D eigenvalue weighted by Crippen LogP contribution is -2.22. The van der Waals surface area contributed by atoms with Crippen LogP contribution in [0.15, 0.2) is 0 Å². The van der Waals surface area contributed by atoms with Crippen molar-refractivity contribution in [1.82, 2.24) is 0 Å². The van der Waals surface area contributed by atoms with Gasteiger partial charge in [-0.05, 0) is 31.6 Å². The maximum absolute atomic E-state index is 11.1. The van der Waals surface area contributed by atoms with Crippen molar-refractivity contribution in [3.05, 3.63) is 0 Å². The van der Waals surface area contributed by atoms with Crippen LogP contribution < -0.4 is 0 Å². The molecule has 104 valence electrons. The standard InChI is InChI=1S/C11H21Cl3O2S/c1-4-8(2)10(7-12)6-11(13)5-9(3)17(14,15)16/h8-11H,4-7H2,1-3H3. The lowest BCUT2D eigenvalue weighted by atomic mass is 9.88. The Labute approximate surface area is 119 Å². The molecule has 0 heterocycles.